The van der Waals surface area contributed by atoms with Gasteiger partial charge in [-0.15, -0.1) is 24.0 Å². The number of likely N-dealkylation sites (tertiary alicyclic amines) is 1. The van der Waals surface area contributed by atoms with Crippen LogP contribution in [-0.4, -0.2) is 63.1 Å². The van der Waals surface area contributed by atoms with Crippen LogP contribution in [0.5, 0.6) is 0 Å². The molecule has 0 radical (unpaired) electrons. The highest BCUT2D eigenvalue weighted by Crippen LogP contribution is 2.18. The molecule has 28 heavy (non-hydrogen) atoms. The van der Waals surface area contributed by atoms with E-state index < -0.39 is 14.6 Å². The molecule has 0 bridgehead atoms. The maximum Gasteiger partial charge on any atom is 0.193 e. The molecule has 1 aliphatic heterocycles. The molecular weight excluding hydrogens is 489 g/mol. The normalized spacial score (nSPS) is 18.1. The van der Waals surface area contributed by atoms with E-state index in [0.29, 0.717) is 19.1 Å². The van der Waals surface area contributed by atoms with Crippen molar-refractivity contribution >= 4 is 39.8 Å². The first-order valence-electron chi connectivity index (χ1n) is 9.52. The van der Waals surface area contributed by atoms with E-state index in [-0.39, 0.29) is 29.7 Å². The van der Waals surface area contributed by atoms with Gasteiger partial charge in [-0.1, -0.05) is 30.3 Å². The van der Waals surface area contributed by atoms with Crippen molar-refractivity contribution in [1.82, 2.24) is 10.2 Å². The van der Waals surface area contributed by atoms with Crippen LogP contribution in [0.4, 0.5) is 0 Å². The van der Waals surface area contributed by atoms with Crippen molar-refractivity contribution in [1.29, 1.82) is 0 Å². The van der Waals surface area contributed by atoms with Gasteiger partial charge in [-0.25, -0.2) is 8.42 Å². The number of nitrogens with one attached hydrogen (secondary N) is 1. The molecule has 0 spiro atoms. The Kier molecular flexibility index (Phi) is 10.2. The smallest absolute Gasteiger partial charge is 0.193 e. The second-order valence-electron chi connectivity index (χ2n) is 8.01. The molecule has 0 aromatic heterocycles. The maximum absolute atomic E-state index is 12.2. The largest absolute Gasteiger partial charge is 0.376 e. The minimum Gasteiger partial charge on any atom is -0.376 e. The lowest BCUT2D eigenvalue weighted by Crippen LogP contribution is -2.43. The lowest BCUT2D eigenvalue weighted by atomic mass is 10.1. The van der Waals surface area contributed by atoms with Gasteiger partial charge in [-0.3, -0.25) is 4.99 Å². The summed E-state index contributed by atoms with van der Waals surface area (Å²) in [5, 5.41) is 3.20. The van der Waals surface area contributed by atoms with E-state index in [2.05, 4.69) is 27.3 Å². The molecule has 1 saturated heterocycles. The first-order valence-corrected chi connectivity index (χ1v) is 11.2. The lowest BCUT2D eigenvalue weighted by molar-refractivity contribution is 0.0907. The minimum atomic E-state index is -3.13. The lowest BCUT2D eigenvalue weighted by Gasteiger charge is -2.23. The zero-order valence-corrected chi connectivity index (χ0v) is 20.5. The highest BCUT2D eigenvalue weighted by Gasteiger charge is 2.29. The Morgan fingerprint density at radius 2 is 1.96 bits per heavy atom. The van der Waals surface area contributed by atoms with Crippen LogP contribution >= 0.6 is 24.0 Å². The quantitative estimate of drug-likeness (QED) is 0.338. The number of nitrogens with zero attached hydrogens (tertiary/aromatic N) is 2. The summed E-state index contributed by atoms with van der Waals surface area (Å²) < 4.78 is 29.6. The second-order valence-corrected chi connectivity index (χ2v) is 10.9. The predicted molar refractivity (Wildman–Crippen MR) is 126 cm³/mol. The van der Waals surface area contributed by atoms with Gasteiger partial charge in [0.1, 0.15) is 0 Å². The Morgan fingerprint density at radius 3 is 2.57 bits per heavy atom. The Hall–Kier alpha value is -0.870. The second kappa shape index (κ2) is 11.3. The number of aliphatic imine (C=N–C) groups is 1. The van der Waals surface area contributed by atoms with Gasteiger partial charge in [0, 0.05) is 32.6 Å². The van der Waals surface area contributed by atoms with Gasteiger partial charge < -0.3 is 15.0 Å². The van der Waals surface area contributed by atoms with E-state index in [9.17, 15) is 8.42 Å². The average Bonchev–Trinajstić information content (AvgIpc) is 3.07. The number of guanidine groups is 1. The van der Waals surface area contributed by atoms with Gasteiger partial charge in [0.25, 0.3) is 0 Å². The number of hydrogen-bond acceptors (Lipinski definition) is 4. The average molecular weight is 523 g/mol. The highest BCUT2D eigenvalue weighted by molar-refractivity contribution is 14.0. The number of hydrogen-bond donors (Lipinski definition) is 1. The number of ether oxygens (including phenoxy) is 1. The third kappa shape index (κ3) is 7.51. The van der Waals surface area contributed by atoms with Gasteiger partial charge >= 0.3 is 0 Å². The summed E-state index contributed by atoms with van der Waals surface area (Å²) in [6.45, 7) is 8.71. The predicted octanol–water partition coefficient (Wildman–Crippen LogP) is 2.93. The maximum atomic E-state index is 12.2. The summed E-state index contributed by atoms with van der Waals surface area (Å²) in [4.78, 5) is 6.49. The van der Waals surface area contributed by atoms with Crippen LogP contribution in [0.15, 0.2) is 35.3 Å². The van der Waals surface area contributed by atoms with Crippen LogP contribution in [0.1, 0.15) is 32.8 Å². The van der Waals surface area contributed by atoms with Gasteiger partial charge in [0.2, 0.25) is 0 Å². The van der Waals surface area contributed by atoms with E-state index in [1.807, 2.05) is 18.2 Å². The highest BCUT2D eigenvalue weighted by atomic mass is 127. The molecule has 0 saturated carbocycles. The van der Waals surface area contributed by atoms with E-state index in [0.717, 1.165) is 32.1 Å². The van der Waals surface area contributed by atoms with Gasteiger partial charge in [0.05, 0.1) is 23.7 Å². The fraction of sp³-hybridized carbons (Fsp3) is 0.650. The molecule has 0 amide bonds. The zero-order chi connectivity index (χ0) is 19.9. The molecule has 1 aromatic carbocycles. The van der Waals surface area contributed by atoms with E-state index in [1.54, 1.807) is 27.8 Å². The van der Waals surface area contributed by atoms with Crippen molar-refractivity contribution in [2.45, 2.75) is 38.5 Å². The van der Waals surface area contributed by atoms with Crippen LogP contribution < -0.4 is 5.32 Å². The molecule has 0 aliphatic carbocycles. The molecule has 6 nitrogen and oxygen atoms in total. The van der Waals surface area contributed by atoms with Crippen LogP contribution in [0.25, 0.3) is 0 Å². The van der Waals surface area contributed by atoms with Crippen molar-refractivity contribution in [3.8, 4) is 0 Å². The molecule has 1 heterocycles. The van der Waals surface area contributed by atoms with Gasteiger partial charge in [0.15, 0.2) is 15.8 Å². The third-order valence-electron chi connectivity index (χ3n) is 4.85. The molecule has 160 valence electrons. The molecule has 1 aromatic rings. The monoisotopic (exact) mass is 523 g/mol. The zero-order valence-electron chi connectivity index (χ0n) is 17.3. The third-order valence-corrected chi connectivity index (χ3v) is 7.46. The Labute approximate surface area is 187 Å². The van der Waals surface area contributed by atoms with Crippen molar-refractivity contribution in [2.24, 2.45) is 10.9 Å². The summed E-state index contributed by atoms with van der Waals surface area (Å²) >= 11 is 0. The number of rotatable bonds is 7. The van der Waals surface area contributed by atoms with E-state index in [4.69, 9.17) is 4.74 Å². The topological polar surface area (TPSA) is 71.0 Å². The first kappa shape index (κ1) is 25.2. The van der Waals surface area contributed by atoms with Crippen molar-refractivity contribution in [3.05, 3.63) is 35.9 Å². The standard InChI is InChI=1S/C20H33N3O3S.HI/c1-20(2,3)27(24,25)13-11-22-19(21-4)23-12-10-18(14-23)16-26-15-17-8-6-5-7-9-17;/h5-9,18H,10-16H2,1-4H3,(H,21,22);1H. The molecule has 1 unspecified atom stereocenters. The van der Waals surface area contributed by atoms with Crippen LogP contribution in [0.2, 0.25) is 0 Å². The molecule has 1 fully saturated rings. The molecule has 1 aliphatic rings. The summed E-state index contributed by atoms with van der Waals surface area (Å²) in [5.74, 6) is 1.34. The number of sulfone groups is 1. The number of halogens is 1. The first-order chi connectivity index (χ1) is 12.7. The summed E-state index contributed by atoms with van der Waals surface area (Å²) in [6, 6.07) is 10.2. The van der Waals surface area contributed by atoms with E-state index in [1.165, 1.54) is 5.56 Å². The Bertz CT molecular complexity index is 718. The number of benzene rings is 1. The van der Waals surface area contributed by atoms with Crippen LogP contribution in [0.3, 0.4) is 0 Å². The SMILES string of the molecule is CN=C(NCCS(=O)(=O)C(C)(C)C)N1CCC(COCc2ccccc2)C1.I. The summed E-state index contributed by atoms with van der Waals surface area (Å²) in [6.07, 6.45) is 1.05. The minimum absolute atomic E-state index is 0. The molecule has 1 atom stereocenters. The fourth-order valence-electron chi connectivity index (χ4n) is 3.01. The van der Waals surface area contributed by atoms with Crippen molar-refractivity contribution in [2.75, 3.05) is 39.0 Å². The summed E-state index contributed by atoms with van der Waals surface area (Å²) in [5.41, 5.74) is 1.19. The van der Waals surface area contributed by atoms with Crippen molar-refractivity contribution < 1.29 is 13.2 Å². The molecule has 2 rings (SSSR count). The van der Waals surface area contributed by atoms with E-state index >= 15 is 0 Å². The molecule has 8 heteroatoms. The summed E-state index contributed by atoms with van der Waals surface area (Å²) in [7, 11) is -1.39. The Morgan fingerprint density at radius 1 is 1.29 bits per heavy atom. The van der Waals surface area contributed by atoms with Crippen LogP contribution in [-0.2, 0) is 21.2 Å². The fourth-order valence-corrected chi connectivity index (χ4v) is 4.00. The van der Waals surface area contributed by atoms with Gasteiger partial charge in [-0.05, 0) is 32.8 Å². The van der Waals surface area contributed by atoms with Crippen LogP contribution in [0, 0.1) is 5.92 Å². The van der Waals surface area contributed by atoms with Gasteiger partial charge in [-0.2, -0.15) is 0 Å². The Balaban J connectivity index is 0.00000392. The molecular formula is C20H34IN3O3S. The molecule has 1 N–H and O–H groups in total. The van der Waals surface area contributed by atoms with Crippen molar-refractivity contribution in [3.63, 3.8) is 0 Å².